The second kappa shape index (κ2) is 9.08. The topological polar surface area (TPSA) is 81.8 Å². The monoisotopic (exact) mass is 386 g/mol. The molecule has 0 atom stereocenters. The van der Waals surface area contributed by atoms with Crippen molar-refractivity contribution in [2.24, 2.45) is 5.92 Å². The number of nitrogens with one attached hydrogen (secondary N) is 2. The summed E-state index contributed by atoms with van der Waals surface area (Å²) in [5, 5.41) is 5.64. The van der Waals surface area contributed by atoms with Gasteiger partial charge in [0.15, 0.2) is 0 Å². The second-order valence-corrected chi connectivity index (χ2v) is 8.06. The summed E-state index contributed by atoms with van der Waals surface area (Å²) in [4.78, 5) is 40.3. The van der Waals surface area contributed by atoms with Crippen LogP contribution in [0.3, 0.4) is 0 Å². The lowest BCUT2D eigenvalue weighted by Gasteiger charge is -2.35. The molecule has 3 rings (SSSR count). The highest BCUT2D eigenvalue weighted by Crippen LogP contribution is 2.19. The van der Waals surface area contributed by atoms with Crippen LogP contribution in [0.5, 0.6) is 0 Å². The predicted octanol–water partition coefficient (Wildman–Crippen LogP) is 2.69. The summed E-state index contributed by atoms with van der Waals surface area (Å²) < 4.78 is 0. The van der Waals surface area contributed by atoms with Crippen molar-refractivity contribution in [2.45, 2.75) is 45.6 Å². The molecule has 152 valence electrons. The summed E-state index contributed by atoms with van der Waals surface area (Å²) in [7, 11) is 0. The number of benzene rings is 1. The maximum Gasteiger partial charge on any atom is 0.319 e. The molecule has 1 aromatic carbocycles. The zero-order valence-corrected chi connectivity index (χ0v) is 16.7. The van der Waals surface area contributed by atoms with Gasteiger partial charge in [0.1, 0.15) is 0 Å². The maximum atomic E-state index is 12.7. The van der Waals surface area contributed by atoms with Crippen molar-refractivity contribution in [1.82, 2.24) is 15.1 Å². The van der Waals surface area contributed by atoms with Crippen molar-refractivity contribution < 1.29 is 14.4 Å². The van der Waals surface area contributed by atoms with Crippen molar-refractivity contribution in [1.29, 1.82) is 0 Å². The van der Waals surface area contributed by atoms with E-state index >= 15 is 0 Å². The number of carbonyl (C=O) groups is 3. The van der Waals surface area contributed by atoms with E-state index in [0.29, 0.717) is 55.8 Å². The van der Waals surface area contributed by atoms with Crippen LogP contribution in [0.15, 0.2) is 24.3 Å². The molecule has 0 unspecified atom stereocenters. The van der Waals surface area contributed by atoms with E-state index in [2.05, 4.69) is 24.5 Å². The van der Waals surface area contributed by atoms with Gasteiger partial charge in [0, 0.05) is 49.9 Å². The zero-order chi connectivity index (χ0) is 20.1. The molecule has 2 aliphatic rings. The Labute approximate surface area is 166 Å². The molecule has 4 amide bonds. The van der Waals surface area contributed by atoms with Crippen molar-refractivity contribution in [3.05, 3.63) is 29.8 Å². The molecule has 0 radical (unpaired) electrons. The Morgan fingerprint density at radius 2 is 1.61 bits per heavy atom. The third kappa shape index (κ3) is 5.71. The number of rotatable bonds is 6. The number of nitrogens with zero attached hydrogens (tertiary/aromatic N) is 2. The highest BCUT2D eigenvalue weighted by atomic mass is 16.2. The lowest BCUT2D eigenvalue weighted by molar-refractivity contribution is -0.132. The molecule has 1 heterocycles. The molecule has 0 aromatic heterocycles. The van der Waals surface area contributed by atoms with Crippen molar-refractivity contribution in [3.8, 4) is 0 Å². The molecule has 28 heavy (non-hydrogen) atoms. The van der Waals surface area contributed by atoms with Gasteiger partial charge in [-0.3, -0.25) is 9.59 Å². The van der Waals surface area contributed by atoms with Crippen LogP contribution in [0.2, 0.25) is 0 Å². The first-order chi connectivity index (χ1) is 13.4. The fourth-order valence-electron chi connectivity index (χ4n) is 3.19. The van der Waals surface area contributed by atoms with E-state index in [4.69, 9.17) is 0 Å². The van der Waals surface area contributed by atoms with Gasteiger partial charge in [-0.15, -0.1) is 0 Å². The molecular weight excluding hydrogens is 356 g/mol. The van der Waals surface area contributed by atoms with Crippen LogP contribution >= 0.6 is 0 Å². The van der Waals surface area contributed by atoms with E-state index in [9.17, 15) is 14.4 Å². The summed E-state index contributed by atoms with van der Waals surface area (Å²) in [5.41, 5.74) is 1.25. The number of anilines is 1. The summed E-state index contributed by atoms with van der Waals surface area (Å²) >= 11 is 0. The molecule has 1 saturated heterocycles. The first-order valence-electron chi connectivity index (χ1n) is 10.2. The SMILES string of the molecule is CC(C)CCC(=O)N1CCN(C(=O)c2ccc(NC(=O)NC3CC3)cc2)CC1. The first kappa shape index (κ1) is 20.2. The Hall–Kier alpha value is -2.57. The molecule has 1 saturated carbocycles. The van der Waals surface area contributed by atoms with Gasteiger partial charge in [0.25, 0.3) is 5.91 Å². The number of piperazine rings is 1. The number of amides is 4. The van der Waals surface area contributed by atoms with Crippen LogP contribution < -0.4 is 10.6 Å². The van der Waals surface area contributed by atoms with E-state index in [1.54, 1.807) is 29.2 Å². The largest absolute Gasteiger partial charge is 0.339 e. The van der Waals surface area contributed by atoms with Gasteiger partial charge in [0.2, 0.25) is 5.91 Å². The summed E-state index contributed by atoms with van der Waals surface area (Å²) in [6.07, 6.45) is 3.56. The van der Waals surface area contributed by atoms with Crippen LogP contribution in [-0.4, -0.2) is 59.9 Å². The number of urea groups is 1. The summed E-state index contributed by atoms with van der Waals surface area (Å²) in [5.74, 6) is 0.660. The third-order valence-electron chi connectivity index (χ3n) is 5.16. The molecule has 1 aromatic rings. The second-order valence-electron chi connectivity index (χ2n) is 8.06. The van der Waals surface area contributed by atoms with Gasteiger partial charge in [-0.25, -0.2) is 4.79 Å². The van der Waals surface area contributed by atoms with Crippen molar-refractivity contribution in [3.63, 3.8) is 0 Å². The van der Waals surface area contributed by atoms with E-state index in [0.717, 1.165) is 19.3 Å². The Morgan fingerprint density at radius 3 is 2.18 bits per heavy atom. The normalized spacial score (nSPS) is 16.8. The molecule has 1 aliphatic carbocycles. The van der Waals surface area contributed by atoms with Gasteiger partial charge in [-0.05, 0) is 49.4 Å². The highest BCUT2D eigenvalue weighted by Gasteiger charge is 2.25. The Morgan fingerprint density at radius 1 is 1.00 bits per heavy atom. The fourth-order valence-corrected chi connectivity index (χ4v) is 3.19. The minimum absolute atomic E-state index is 0.0386. The van der Waals surface area contributed by atoms with Crippen LogP contribution in [0.25, 0.3) is 0 Å². The van der Waals surface area contributed by atoms with E-state index in [1.807, 2.05) is 4.90 Å². The smallest absolute Gasteiger partial charge is 0.319 e. The van der Waals surface area contributed by atoms with Crippen molar-refractivity contribution >= 4 is 23.5 Å². The van der Waals surface area contributed by atoms with Crippen molar-refractivity contribution in [2.75, 3.05) is 31.5 Å². The molecule has 7 nitrogen and oxygen atoms in total. The van der Waals surface area contributed by atoms with Crippen LogP contribution in [0, 0.1) is 5.92 Å². The highest BCUT2D eigenvalue weighted by molar-refractivity contribution is 5.95. The van der Waals surface area contributed by atoms with Crippen LogP contribution in [0.4, 0.5) is 10.5 Å². The van der Waals surface area contributed by atoms with Gasteiger partial charge in [0.05, 0.1) is 0 Å². The van der Waals surface area contributed by atoms with Gasteiger partial charge < -0.3 is 20.4 Å². The Bertz CT molecular complexity index is 705. The van der Waals surface area contributed by atoms with Crippen LogP contribution in [0.1, 0.15) is 49.9 Å². The first-order valence-corrected chi connectivity index (χ1v) is 10.2. The van der Waals surface area contributed by atoms with Gasteiger partial charge in [-0.2, -0.15) is 0 Å². The predicted molar refractivity (Wildman–Crippen MR) is 108 cm³/mol. The standard InChI is InChI=1S/C21H30N4O3/c1-15(2)3-10-19(26)24-11-13-25(14-12-24)20(27)16-4-6-17(7-5-16)22-21(28)23-18-8-9-18/h4-7,15,18H,3,8-14H2,1-2H3,(H2,22,23,28). The van der Waals surface area contributed by atoms with E-state index in [-0.39, 0.29) is 17.8 Å². The molecule has 2 N–H and O–H groups in total. The number of carbonyl (C=O) groups excluding carboxylic acids is 3. The molecule has 1 aliphatic heterocycles. The summed E-state index contributed by atoms with van der Waals surface area (Å²) in [6.45, 7) is 6.51. The average molecular weight is 386 g/mol. The number of hydrogen-bond acceptors (Lipinski definition) is 3. The average Bonchev–Trinajstić information content (AvgIpc) is 3.50. The van der Waals surface area contributed by atoms with E-state index < -0.39 is 0 Å². The molecule has 7 heteroatoms. The molecule has 0 spiro atoms. The maximum absolute atomic E-state index is 12.7. The third-order valence-corrected chi connectivity index (χ3v) is 5.16. The number of hydrogen-bond donors (Lipinski definition) is 2. The summed E-state index contributed by atoms with van der Waals surface area (Å²) in [6, 6.07) is 7.04. The lowest BCUT2D eigenvalue weighted by Crippen LogP contribution is -2.50. The zero-order valence-electron chi connectivity index (χ0n) is 16.7. The lowest BCUT2D eigenvalue weighted by atomic mass is 10.1. The van der Waals surface area contributed by atoms with Gasteiger partial charge >= 0.3 is 6.03 Å². The Balaban J connectivity index is 1.46. The Kier molecular flexibility index (Phi) is 6.54. The molecular formula is C21H30N4O3. The fraction of sp³-hybridized carbons (Fsp3) is 0.571. The van der Waals surface area contributed by atoms with Crippen LogP contribution in [-0.2, 0) is 4.79 Å². The minimum Gasteiger partial charge on any atom is -0.339 e. The van der Waals surface area contributed by atoms with Gasteiger partial charge in [-0.1, -0.05) is 13.8 Å². The minimum atomic E-state index is -0.208. The molecule has 0 bridgehead atoms. The molecule has 2 fully saturated rings. The quantitative estimate of drug-likeness (QED) is 0.789. The van der Waals surface area contributed by atoms with E-state index in [1.165, 1.54) is 0 Å².